The van der Waals surface area contributed by atoms with E-state index < -0.39 is 15.9 Å². The Morgan fingerprint density at radius 3 is 2.68 bits per heavy atom. The number of aromatic nitrogens is 2. The summed E-state index contributed by atoms with van der Waals surface area (Å²) in [6.07, 6.45) is 9.46. The second kappa shape index (κ2) is 7.94. The molecule has 1 aliphatic heterocycles. The molecule has 0 fully saturated rings. The van der Waals surface area contributed by atoms with Gasteiger partial charge in [0.1, 0.15) is 4.90 Å². The molecule has 5 rings (SSSR count). The van der Waals surface area contributed by atoms with Crippen molar-refractivity contribution < 1.29 is 13.7 Å². The van der Waals surface area contributed by atoms with Gasteiger partial charge in [0.2, 0.25) is 5.88 Å². The standard InChI is InChI=1S/C22H29N5O3S/c1-2-14-9-10-30-21-19(12-24-27(21)13-14)31(23,29)26-22(28)25-20-17-7-3-5-15(17)11-16-6-4-8-18(16)20/h11-12,14H,2-10,13H2,1H3,(H3,23,25,26,28,29). The fourth-order valence-corrected chi connectivity index (χ4v) is 6.10. The number of fused-ring (bicyclic) bond motifs is 3. The Hall–Kier alpha value is -2.39. The summed E-state index contributed by atoms with van der Waals surface area (Å²) in [6.45, 7) is 3.31. The van der Waals surface area contributed by atoms with Crippen molar-refractivity contribution in [3.63, 3.8) is 0 Å². The van der Waals surface area contributed by atoms with Gasteiger partial charge in [-0.25, -0.2) is 18.8 Å². The van der Waals surface area contributed by atoms with Gasteiger partial charge in [0.05, 0.1) is 12.8 Å². The topological polar surface area (TPSA) is 112 Å². The van der Waals surface area contributed by atoms with E-state index in [1.807, 2.05) is 0 Å². The van der Waals surface area contributed by atoms with E-state index in [1.54, 1.807) is 4.68 Å². The molecule has 1 aromatic heterocycles. The molecule has 2 aliphatic carbocycles. The van der Waals surface area contributed by atoms with Crippen molar-refractivity contribution in [1.82, 2.24) is 9.78 Å². The van der Waals surface area contributed by atoms with Gasteiger partial charge in [-0.1, -0.05) is 19.4 Å². The Balaban J connectivity index is 1.45. The number of carbonyl (C=O) groups is 1. The Labute approximate surface area is 182 Å². The predicted molar refractivity (Wildman–Crippen MR) is 119 cm³/mol. The van der Waals surface area contributed by atoms with Crippen LogP contribution in [0, 0.1) is 5.92 Å². The first-order chi connectivity index (χ1) is 15.0. The lowest BCUT2D eigenvalue weighted by Gasteiger charge is -2.15. The molecule has 166 valence electrons. The second-order valence-electron chi connectivity index (χ2n) is 8.73. The minimum Gasteiger partial charge on any atom is -0.477 e. The summed E-state index contributed by atoms with van der Waals surface area (Å²) in [5.74, 6) is 0.798. The van der Waals surface area contributed by atoms with E-state index in [4.69, 9.17) is 9.88 Å². The highest BCUT2D eigenvalue weighted by atomic mass is 32.2. The Morgan fingerprint density at radius 2 is 2.00 bits per heavy atom. The highest BCUT2D eigenvalue weighted by Crippen LogP contribution is 2.38. The van der Waals surface area contributed by atoms with Gasteiger partial charge in [-0.15, -0.1) is 4.36 Å². The van der Waals surface area contributed by atoms with Gasteiger partial charge in [-0.05, 0) is 73.1 Å². The number of hydrogen-bond acceptors (Lipinski definition) is 4. The van der Waals surface area contributed by atoms with Crippen LogP contribution in [-0.2, 0) is 42.1 Å². The number of amides is 2. The monoisotopic (exact) mass is 443 g/mol. The number of rotatable bonds is 3. The maximum atomic E-state index is 13.3. The number of hydrogen-bond donors (Lipinski definition) is 2. The lowest BCUT2D eigenvalue weighted by atomic mass is 9.99. The summed E-state index contributed by atoms with van der Waals surface area (Å²) in [5, 5.41) is 13.3. The smallest absolute Gasteiger partial charge is 0.354 e. The Bertz CT molecular complexity index is 1130. The van der Waals surface area contributed by atoms with Crippen molar-refractivity contribution in [3.8, 4) is 5.88 Å². The first-order valence-electron chi connectivity index (χ1n) is 11.2. The number of anilines is 1. The number of urea groups is 1. The lowest BCUT2D eigenvalue weighted by Crippen LogP contribution is -2.19. The number of carbonyl (C=O) groups excluding carboxylic acids is 1. The van der Waals surface area contributed by atoms with Crippen molar-refractivity contribution in [2.75, 3.05) is 11.9 Å². The SMILES string of the molecule is CCC1CCOc2c(S(N)(=O)=NC(=O)Nc3c4c(cc5c3CCC5)CCC4)cnn2C1. The molecule has 2 heterocycles. The number of aryl methyl sites for hydroxylation is 2. The van der Waals surface area contributed by atoms with E-state index in [0.717, 1.165) is 57.1 Å². The molecule has 3 N–H and O–H groups in total. The summed E-state index contributed by atoms with van der Waals surface area (Å²) >= 11 is 0. The maximum Gasteiger partial charge on any atom is 0.354 e. The van der Waals surface area contributed by atoms with Crippen LogP contribution in [0.4, 0.5) is 10.5 Å². The Kier molecular flexibility index (Phi) is 5.26. The van der Waals surface area contributed by atoms with E-state index in [1.165, 1.54) is 28.5 Å². The number of nitrogens with two attached hydrogens (primary N) is 1. The normalized spacial score (nSPS) is 21.3. The number of benzene rings is 1. The summed E-state index contributed by atoms with van der Waals surface area (Å²) < 4.78 is 24.7. The van der Waals surface area contributed by atoms with Crippen LogP contribution in [0.3, 0.4) is 0 Å². The average Bonchev–Trinajstić information content (AvgIpc) is 3.44. The van der Waals surface area contributed by atoms with E-state index >= 15 is 0 Å². The molecule has 1 aromatic carbocycles. The summed E-state index contributed by atoms with van der Waals surface area (Å²) in [4.78, 5) is 13.0. The molecule has 8 nitrogen and oxygen atoms in total. The van der Waals surface area contributed by atoms with Crippen molar-refractivity contribution in [2.45, 2.75) is 69.7 Å². The quantitative estimate of drug-likeness (QED) is 0.755. The van der Waals surface area contributed by atoms with E-state index in [0.29, 0.717) is 24.9 Å². The van der Waals surface area contributed by atoms with Gasteiger partial charge in [-0.2, -0.15) is 5.10 Å². The first kappa shape index (κ1) is 20.5. The van der Waals surface area contributed by atoms with Gasteiger partial charge < -0.3 is 10.1 Å². The van der Waals surface area contributed by atoms with Crippen molar-refractivity contribution >= 4 is 21.6 Å². The van der Waals surface area contributed by atoms with Crippen LogP contribution in [0.5, 0.6) is 5.88 Å². The largest absolute Gasteiger partial charge is 0.477 e. The van der Waals surface area contributed by atoms with Crippen LogP contribution in [0.2, 0.25) is 0 Å². The average molecular weight is 444 g/mol. The molecule has 9 heteroatoms. The fraction of sp³-hybridized carbons (Fsp3) is 0.545. The van der Waals surface area contributed by atoms with Crippen molar-refractivity contribution in [2.24, 2.45) is 15.4 Å². The van der Waals surface area contributed by atoms with E-state index in [9.17, 15) is 9.00 Å². The second-order valence-corrected chi connectivity index (χ2v) is 10.5. The van der Waals surface area contributed by atoms with Crippen LogP contribution < -0.4 is 15.2 Å². The third-order valence-corrected chi connectivity index (χ3v) is 8.12. The highest BCUT2D eigenvalue weighted by molar-refractivity contribution is 7.91. The maximum absolute atomic E-state index is 13.3. The van der Waals surface area contributed by atoms with Crippen LogP contribution >= 0.6 is 0 Å². The van der Waals surface area contributed by atoms with Crippen LogP contribution in [-0.4, -0.2) is 26.6 Å². The lowest BCUT2D eigenvalue weighted by molar-refractivity contribution is 0.260. The zero-order valence-electron chi connectivity index (χ0n) is 17.9. The summed E-state index contributed by atoms with van der Waals surface area (Å²) in [5.41, 5.74) is 5.87. The van der Waals surface area contributed by atoms with Crippen molar-refractivity contribution in [1.29, 1.82) is 0 Å². The molecular weight excluding hydrogens is 414 g/mol. The molecule has 0 saturated carbocycles. The van der Waals surface area contributed by atoms with E-state index in [2.05, 4.69) is 27.8 Å². The molecular formula is C22H29N5O3S. The fourth-order valence-electron chi connectivity index (χ4n) is 5.09. The van der Waals surface area contributed by atoms with E-state index in [-0.39, 0.29) is 4.90 Å². The molecule has 2 unspecified atom stereocenters. The molecule has 0 radical (unpaired) electrons. The Morgan fingerprint density at radius 1 is 1.29 bits per heavy atom. The van der Waals surface area contributed by atoms with Crippen LogP contribution in [0.1, 0.15) is 54.9 Å². The van der Waals surface area contributed by atoms with Crippen LogP contribution in [0.25, 0.3) is 0 Å². The van der Waals surface area contributed by atoms with Crippen LogP contribution in [0.15, 0.2) is 21.5 Å². The predicted octanol–water partition coefficient (Wildman–Crippen LogP) is 3.60. The molecule has 0 spiro atoms. The minimum atomic E-state index is -3.49. The van der Waals surface area contributed by atoms with Gasteiger partial charge in [0.25, 0.3) is 0 Å². The van der Waals surface area contributed by atoms with Gasteiger partial charge in [-0.3, -0.25) is 0 Å². The van der Waals surface area contributed by atoms with Gasteiger partial charge in [0.15, 0.2) is 9.92 Å². The number of nitrogens with zero attached hydrogens (tertiary/aromatic N) is 3. The molecule has 0 bridgehead atoms. The molecule has 3 aliphatic rings. The third-order valence-electron chi connectivity index (χ3n) is 6.77. The third kappa shape index (κ3) is 3.74. The minimum absolute atomic E-state index is 0.183. The van der Waals surface area contributed by atoms with Gasteiger partial charge in [0, 0.05) is 12.2 Å². The highest BCUT2D eigenvalue weighted by Gasteiger charge is 2.27. The summed E-state index contributed by atoms with van der Waals surface area (Å²) in [7, 11) is -3.49. The molecule has 31 heavy (non-hydrogen) atoms. The first-order valence-corrected chi connectivity index (χ1v) is 12.7. The zero-order valence-corrected chi connectivity index (χ0v) is 18.7. The molecule has 2 aromatic rings. The zero-order chi connectivity index (χ0) is 21.6. The van der Waals surface area contributed by atoms with Crippen molar-refractivity contribution in [3.05, 3.63) is 34.5 Å². The number of nitrogens with one attached hydrogen (secondary N) is 1. The number of ether oxygens (including phenoxy) is 1. The molecule has 0 saturated heterocycles. The van der Waals surface area contributed by atoms with Gasteiger partial charge >= 0.3 is 6.03 Å². The molecule has 2 amide bonds. The summed E-state index contributed by atoms with van der Waals surface area (Å²) in [6, 6.07) is 1.62. The molecule has 2 atom stereocenters.